The zero-order chi connectivity index (χ0) is 20.9. The minimum Gasteiger partial charge on any atom is -0.330 e. The summed E-state index contributed by atoms with van der Waals surface area (Å²) in [5.41, 5.74) is 2.48. The number of carbonyl (C=O) groups excluding carboxylic acids is 1. The number of thiophene rings is 1. The Hall–Kier alpha value is -2.68. The number of rotatable bonds is 7. The van der Waals surface area contributed by atoms with Crippen molar-refractivity contribution in [1.29, 1.82) is 0 Å². The van der Waals surface area contributed by atoms with Gasteiger partial charge in [0.05, 0.1) is 15.9 Å². The second kappa shape index (κ2) is 9.21. The molecule has 152 valence electrons. The molecule has 3 rings (SSSR count). The van der Waals surface area contributed by atoms with Gasteiger partial charge >= 0.3 is 6.03 Å². The first-order chi connectivity index (χ1) is 13.8. The third kappa shape index (κ3) is 5.66. The van der Waals surface area contributed by atoms with Crippen molar-refractivity contribution in [1.82, 2.24) is 10.0 Å². The summed E-state index contributed by atoms with van der Waals surface area (Å²) in [6.45, 7) is 3.71. The molecule has 3 N–H and O–H groups in total. The number of sulfonamides is 1. The van der Waals surface area contributed by atoms with E-state index in [1.807, 2.05) is 54.8 Å². The second-order valence-corrected chi connectivity index (χ2v) is 9.34. The first-order valence-corrected chi connectivity index (χ1v) is 11.4. The van der Waals surface area contributed by atoms with E-state index >= 15 is 0 Å². The third-order valence-corrected chi connectivity index (χ3v) is 6.73. The maximum absolute atomic E-state index is 12.8. The van der Waals surface area contributed by atoms with Gasteiger partial charge in [0.1, 0.15) is 0 Å². The summed E-state index contributed by atoms with van der Waals surface area (Å²) >= 11 is 1.41. The second-order valence-electron chi connectivity index (χ2n) is 6.66. The molecule has 1 heterocycles. The van der Waals surface area contributed by atoms with E-state index in [0.717, 1.165) is 11.1 Å². The molecule has 0 unspecified atom stereocenters. The van der Waals surface area contributed by atoms with E-state index in [1.165, 1.54) is 11.3 Å². The summed E-state index contributed by atoms with van der Waals surface area (Å²) < 4.78 is 28.2. The van der Waals surface area contributed by atoms with E-state index < -0.39 is 22.1 Å². The Kier molecular flexibility index (Phi) is 6.68. The molecule has 6 nitrogen and oxygen atoms in total. The minimum absolute atomic E-state index is 0.0253. The van der Waals surface area contributed by atoms with Crippen molar-refractivity contribution in [2.24, 2.45) is 0 Å². The summed E-state index contributed by atoms with van der Waals surface area (Å²) in [5.74, 6) is 0. The van der Waals surface area contributed by atoms with Gasteiger partial charge in [-0.3, -0.25) is 5.32 Å². The van der Waals surface area contributed by atoms with Gasteiger partial charge in [0, 0.05) is 6.54 Å². The highest BCUT2D eigenvalue weighted by Gasteiger charge is 2.21. The molecule has 2 amide bonds. The van der Waals surface area contributed by atoms with Gasteiger partial charge in [0.2, 0.25) is 10.0 Å². The summed E-state index contributed by atoms with van der Waals surface area (Å²) in [5, 5.41) is 8.18. The number of anilines is 1. The van der Waals surface area contributed by atoms with Crippen LogP contribution in [0.5, 0.6) is 0 Å². The molecule has 8 heteroatoms. The maximum Gasteiger partial charge on any atom is 0.320 e. The van der Waals surface area contributed by atoms with Crippen LogP contribution in [0.1, 0.15) is 22.7 Å². The fraction of sp³-hybridized carbons (Fsp3) is 0.190. The smallest absolute Gasteiger partial charge is 0.320 e. The highest BCUT2D eigenvalue weighted by Crippen LogP contribution is 2.19. The lowest BCUT2D eigenvalue weighted by molar-refractivity contribution is 0.248. The Bertz CT molecular complexity index is 1070. The molecule has 0 fully saturated rings. The van der Waals surface area contributed by atoms with Gasteiger partial charge in [-0.15, -0.1) is 11.3 Å². The third-order valence-electron chi connectivity index (χ3n) is 4.36. The topological polar surface area (TPSA) is 87.3 Å². The van der Waals surface area contributed by atoms with E-state index in [0.29, 0.717) is 10.6 Å². The normalized spacial score (nSPS) is 12.3. The summed E-state index contributed by atoms with van der Waals surface area (Å²) in [6, 6.07) is 17.2. The zero-order valence-corrected chi connectivity index (χ0v) is 17.8. The SMILES string of the molecule is Cc1ccc(S(=O)(=O)NC[C@@H](NC(=O)Nc2cccs2)c2ccccc2)c(C)c1. The van der Waals surface area contributed by atoms with Gasteiger partial charge in [-0.05, 0) is 48.6 Å². The molecular weight excluding hydrogens is 406 g/mol. The van der Waals surface area contributed by atoms with Crippen molar-refractivity contribution in [3.8, 4) is 0 Å². The average Bonchev–Trinajstić information content (AvgIpc) is 3.18. The predicted molar refractivity (Wildman–Crippen MR) is 117 cm³/mol. The van der Waals surface area contributed by atoms with Crippen LogP contribution in [0.3, 0.4) is 0 Å². The van der Waals surface area contributed by atoms with Crippen molar-refractivity contribution < 1.29 is 13.2 Å². The van der Waals surface area contributed by atoms with Gasteiger partial charge < -0.3 is 5.32 Å². The van der Waals surface area contributed by atoms with Gasteiger partial charge in [0.15, 0.2) is 0 Å². The molecule has 29 heavy (non-hydrogen) atoms. The lowest BCUT2D eigenvalue weighted by Crippen LogP contribution is -2.39. The number of hydrogen-bond acceptors (Lipinski definition) is 4. The Morgan fingerprint density at radius 1 is 1.03 bits per heavy atom. The van der Waals surface area contributed by atoms with Crippen LogP contribution in [0.2, 0.25) is 0 Å². The number of hydrogen-bond donors (Lipinski definition) is 3. The van der Waals surface area contributed by atoms with E-state index in [-0.39, 0.29) is 11.4 Å². The van der Waals surface area contributed by atoms with Crippen LogP contribution in [-0.2, 0) is 10.0 Å². The van der Waals surface area contributed by atoms with Crippen LogP contribution < -0.4 is 15.4 Å². The minimum atomic E-state index is -3.72. The summed E-state index contributed by atoms with van der Waals surface area (Å²) in [7, 11) is -3.72. The molecule has 0 radical (unpaired) electrons. The number of carbonyl (C=O) groups is 1. The van der Waals surface area contributed by atoms with Gasteiger partial charge in [-0.1, -0.05) is 48.0 Å². The fourth-order valence-corrected chi connectivity index (χ4v) is 4.85. The number of benzene rings is 2. The van der Waals surface area contributed by atoms with Crippen LogP contribution in [0.4, 0.5) is 9.80 Å². The standard InChI is InChI=1S/C21H23N3O3S2/c1-15-10-11-19(16(2)13-15)29(26,27)22-14-18(17-7-4-3-5-8-17)23-21(25)24-20-9-6-12-28-20/h3-13,18,22H,14H2,1-2H3,(H2,23,24,25)/t18-/m1/s1. The van der Waals surface area contributed by atoms with Crippen molar-refractivity contribution in [2.75, 3.05) is 11.9 Å². The van der Waals surface area contributed by atoms with E-state index in [4.69, 9.17) is 0 Å². The maximum atomic E-state index is 12.8. The van der Waals surface area contributed by atoms with Crippen molar-refractivity contribution >= 4 is 32.4 Å². The average molecular weight is 430 g/mol. The monoisotopic (exact) mass is 429 g/mol. The molecule has 0 bridgehead atoms. The van der Waals surface area contributed by atoms with Crippen molar-refractivity contribution in [2.45, 2.75) is 24.8 Å². The van der Waals surface area contributed by atoms with Crippen LogP contribution >= 0.6 is 11.3 Å². The van der Waals surface area contributed by atoms with Crippen molar-refractivity contribution in [3.05, 3.63) is 82.7 Å². The Morgan fingerprint density at radius 2 is 1.79 bits per heavy atom. The lowest BCUT2D eigenvalue weighted by atomic mass is 10.1. The summed E-state index contributed by atoms with van der Waals surface area (Å²) in [6.07, 6.45) is 0. The number of nitrogens with one attached hydrogen (secondary N) is 3. The fourth-order valence-electron chi connectivity index (χ4n) is 2.97. The molecule has 0 aliphatic carbocycles. The molecule has 0 saturated heterocycles. The number of amides is 2. The lowest BCUT2D eigenvalue weighted by Gasteiger charge is -2.20. The molecule has 0 saturated carbocycles. The van der Waals surface area contributed by atoms with E-state index in [2.05, 4.69) is 15.4 Å². The van der Waals surface area contributed by atoms with Crippen LogP contribution in [0, 0.1) is 13.8 Å². The van der Waals surface area contributed by atoms with E-state index in [1.54, 1.807) is 25.1 Å². The Labute approximate surface area is 175 Å². The van der Waals surface area contributed by atoms with Crippen LogP contribution in [-0.4, -0.2) is 21.0 Å². The molecule has 3 aromatic rings. The number of urea groups is 1. The Balaban J connectivity index is 1.75. The molecule has 0 spiro atoms. The quantitative estimate of drug-likeness (QED) is 0.526. The van der Waals surface area contributed by atoms with E-state index in [9.17, 15) is 13.2 Å². The van der Waals surface area contributed by atoms with Crippen LogP contribution in [0.25, 0.3) is 0 Å². The Morgan fingerprint density at radius 3 is 2.45 bits per heavy atom. The first-order valence-electron chi connectivity index (χ1n) is 9.08. The number of aryl methyl sites for hydroxylation is 2. The van der Waals surface area contributed by atoms with Gasteiger partial charge in [-0.2, -0.15) is 0 Å². The summed E-state index contributed by atoms with van der Waals surface area (Å²) in [4.78, 5) is 12.6. The molecule has 1 atom stereocenters. The van der Waals surface area contributed by atoms with Gasteiger partial charge in [0.25, 0.3) is 0 Å². The predicted octanol–water partition coefficient (Wildman–Crippen LogP) is 4.21. The first kappa shape index (κ1) is 21.0. The molecule has 1 aromatic heterocycles. The molecule has 0 aliphatic rings. The zero-order valence-electron chi connectivity index (χ0n) is 16.2. The highest BCUT2D eigenvalue weighted by molar-refractivity contribution is 7.89. The largest absolute Gasteiger partial charge is 0.330 e. The molecular formula is C21H23N3O3S2. The highest BCUT2D eigenvalue weighted by atomic mass is 32.2. The molecule has 2 aromatic carbocycles. The van der Waals surface area contributed by atoms with Crippen molar-refractivity contribution in [3.63, 3.8) is 0 Å². The van der Waals surface area contributed by atoms with Crippen LogP contribution in [0.15, 0.2) is 70.9 Å². The van der Waals surface area contributed by atoms with Gasteiger partial charge in [-0.25, -0.2) is 17.9 Å². The molecule has 0 aliphatic heterocycles.